The Balaban J connectivity index is 2.35. The van der Waals surface area contributed by atoms with Crippen LogP contribution in [0, 0.1) is 10.1 Å². The number of nitro groups is 1. The molecule has 0 fully saturated rings. The maximum atomic E-state index is 12.4. The Labute approximate surface area is 191 Å². The Kier molecular flexibility index (Phi) is 8.60. The van der Waals surface area contributed by atoms with Gasteiger partial charge in [0, 0.05) is 24.6 Å². The minimum atomic E-state index is -1.83. The average Bonchev–Trinajstić information content (AvgIpc) is 2.78. The number of nitro benzene ring substituents is 1. The lowest BCUT2D eigenvalue weighted by atomic mass is 9.92. The number of aliphatic hydroxyl groups is 3. The molecule has 8 N–H and O–H groups in total. The molecule has 1 aromatic carbocycles. The maximum Gasteiger partial charge on any atom is 0.370 e. The number of nitrogens with zero attached hydrogens (tertiary/aromatic N) is 2. The summed E-state index contributed by atoms with van der Waals surface area (Å²) in [5.74, 6) is -4.15. The van der Waals surface area contributed by atoms with Crippen LogP contribution in [0.4, 0.5) is 5.69 Å². The molecule has 0 bridgehead atoms. The van der Waals surface area contributed by atoms with Crippen LogP contribution in [-0.4, -0.2) is 86.1 Å². The van der Waals surface area contributed by atoms with E-state index in [1.54, 1.807) is 0 Å². The van der Waals surface area contributed by atoms with Crippen molar-refractivity contribution in [1.29, 1.82) is 0 Å². The largest absolute Gasteiger partial charge is 0.478 e. The van der Waals surface area contributed by atoms with Gasteiger partial charge in [0.25, 0.3) is 11.6 Å². The third-order valence-electron chi connectivity index (χ3n) is 4.68. The van der Waals surface area contributed by atoms with Crippen molar-refractivity contribution < 1.29 is 44.5 Å². The van der Waals surface area contributed by atoms with Gasteiger partial charge >= 0.3 is 5.97 Å². The molecule has 1 aromatic rings. The van der Waals surface area contributed by atoms with E-state index in [1.165, 1.54) is 12.1 Å². The number of amides is 2. The summed E-state index contributed by atoms with van der Waals surface area (Å²) >= 11 is 0. The molecule has 0 spiro atoms. The number of carbonyl (C=O) groups excluding carboxylic acids is 2. The van der Waals surface area contributed by atoms with E-state index in [0.29, 0.717) is 0 Å². The van der Waals surface area contributed by atoms with Crippen LogP contribution in [0.5, 0.6) is 0 Å². The first kappa shape index (κ1) is 26.2. The first-order chi connectivity index (χ1) is 15.9. The lowest BCUT2D eigenvalue weighted by Crippen LogP contribution is -2.60. The van der Waals surface area contributed by atoms with Gasteiger partial charge in [-0.1, -0.05) is 0 Å². The average molecular weight is 481 g/mol. The summed E-state index contributed by atoms with van der Waals surface area (Å²) in [6.45, 7) is 0.240. The van der Waals surface area contributed by atoms with Crippen molar-refractivity contribution in [2.75, 3.05) is 6.61 Å². The highest BCUT2D eigenvalue weighted by molar-refractivity contribution is 6.05. The van der Waals surface area contributed by atoms with Crippen molar-refractivity contribution in [3.63, 3.8) is 0 Å². The molecule has 34 heavy (non-hydrogen) atoms. The van der Waals surface area contributed by atoms with Crippen LogP contribution in [0.2, 0.25) is 0 Å². The zero-order chi connectivity index (χ0) is 25.6. The van der Waals surface area contributed by atoms with Gasteiger partial charge < -0.3 is 36.2 Å². The van der Waals surface area contributed by atoms with Gasteiger partial charge in [0.05, 0.1) is 23.6 Å². The molecule has 2 rings (SSSR count). The number of rotatable bonds is 8. The number of nitrogens with two attached hydrogens (primary N) is 1. The fraction of sp³-hybridized carbons (Fsp3) is 0.368. The number of hydrogen-bond acceptors (Lipinski definition) is 10. The Hall–Kier alpha value is -4.08. The number of ether oxygens (including phenoxy) is 1. The maximum absolute atomic E-state index is 12.4. The van der Waals surface area contributed by atoms with Crippen molar-refractivity contribution in [2.24, 2.45) is 10.7 Å². The number of nitrogens with one attached hydrogen (secondary N) is 2. The normalized spacial score (nSPS) is 21.9. The lowest BCUT2D eigenvalue weighted by molar-refractivity contribution is -0.384. The summed E-state index contributed by atoms with van der Waals surface area (Å²) in [6, 6.07) is 2.03. The minimum absolute atomic E-state index is 0.00951. The van der Waals surface area contributed by atoms with E-state index < -0.39 is 71.4 Å². The van der Waals surface area contributed by atoms with E-state index >= 15 is 0 Å². The van der Waals surface area contributed by atoms with Gasteiger partial charge in [-0.05, 0) is 18.2 Å². The van der Waals surface area contributed by atoms with Crippen LogP contribution in [0.1, 0.15) is 17.3 Å². The van der Waals surface area contributed by atoms with Crippen LogP contribution >= 0.6 is 0 Å². The molecule has 0 saturated carbocycles. The molecule has 1 aliphatic heterocycles. The minimum Gasteiger partial charge on any atom is -0.478 e. The van der Waals surface area contributed by atoms with E-state index in [0.717, 1.165) is 25.1 Å². The molecule has 0 radical (unpaired) electrons. The monoisotopic (exact) mass is 481 g/mol. The van der Waals surface area contributed by atoms with Gasteiger partial charge in [-0.25, -0.2) is 9.79 Å². The molecule has 15 nitrogen and oxygen atoms in total. The highest BCUT2D eigenvalue weighted by Gasteiger charge is 2.43. The van der Waals surface area contributed by atoms with Gasteiger partial charge in [0.2, 0.25) is 11.7 Å². The standard InChI is InChI=1S/C19H23N5O10/c1-8(26)21-14-11(6-13(18(30)31)34-16(14)15(28)12(27)7-25)22-19(20)23-17(29)9-2-4-10(5-3-9)24(32)33/h2-6,11-12,14-16,25,27-28H,7H2,1H3,(H,21,26)(H,30,31)(H3,20,22,23,29)/t11-,12+,14+,15+,16+/m0/s1. The molecule has 0 unspecified atom stereocenters. The summed E-state index contributed by atoms with van der Waals surface area (Å²) in [7, 11) is 0. The van der Waals surface area contributed by atoms with E-state index in [1.807, 2.05) is 0 Å². The summed E-state index contributed by atoms with van der Waals surface area (Å²) in [4.78, 5) is 49.6. The predicted molar refractivity (Wildman–Crippen MR) is 113 cm³/mol. The van der Waals surface area contributed by atoms with Gasteiger partial charge in [-0.2, -0.15) is 0 Å². The zero-order valence-corrected chi connectivity index (χ0v) is 17.7. The summed E-state index contributed by atoms with van der Waals surface area (Å²) in [6.07, 6.45) is -4.16. The third kappa shape index (κ3) is 6.47. The molecule has 184 valence electrons. The summed E-state index contributed by atoms with van der Waals surface area (Å²) < 4.78 is 5.21. The van der Waals surface area contributed by atoms with Crippen molar-refractivity contribution in [1.82, 2.24) is 10.6 Å². The van der Waals surface area contributed by atoms with Gasteiger partial charge in [0.15, 0.2) is 5.96 Å². The van der Waals surface area contributed by atoms with Crippen LogP contribution in [0.25, 0.3) is 0 Å². The number of carbonyl (C=O) groups is 3. The zero-order valence-electron chi connectivity index (χ0n) is 17.7. The highest BCUT2D eigenvalue weighted by atomic mass is 16.6. The first-order valence-corrected chi connectivity index (χ1v) is 9.69. The quantitative estimate of drug-likeness (QED) is 0.0891. The van der Waals surface area contributed by atoms with E-state index in [9.17, 15) is 39.8 Å². The Bertz CT molecular complexity index is 1010. The molecular weight excluding hydrogens is 458 g/mol. The highest BCUT2D eigenvalue weighted by Crippen LogP contribution is 2.25. The molecular formula is C19H23N5O10. The topological polar surface area (TPSA) is 247 Å². The molecule has 5 atom stereocenters. The van der Waals surface area contributed by atoms with Crippen molar-refractivity contribution >= 4 is 29.4 Å². The van der Waals surface area contributed by atoms with Crippen LogP contribution in [0.3, 0.4) is 0 Å². The van der Waals surface area contributed by atoms with Crippen molar-refractivity contribution in [2.45, 2.75) is 37.3 Å². The Morgan fingerprint density at radius 2 is 1.88 bits per heavy atom. The second kappa shape index (κ2) is 11.2. The number of hydrogen-bond donors (Lipinski definition) is 7. The molecule has 0 aromatic heterocycles. The molecule has 2 amide bonds. The Morgan fingerprint density at radius 1 is 1.26 bits per heavy atom. The predicted octanol–water partition coefficient (Wildman–Crippen LogP) is -2.41. The first-order valence-electron chi connectivity index (χ1n) is 9.69. The number of guanidine groups is 1. The fourth-order valence-electron chi connectivity index (χ4n) is 3.08. The fourth-order valence-corrected chi connectivity index (χ4v) is 3.08. The summed E-state index contributed by atoms with van der Waals surface area (Å²) in [5, 5.41) is 54.0. The number of carboxylic acids is 1. The van der Waals surface area contributed by atoms with Crippen molar-refractivity contribution in [3.8, 4) is 0 Å². The number of carboxylic acid groups (broad SMARTS) is 1. The number of non-ortho nitro benzene ring substituents is 1. The SMILES string of the molecule is CC(=O)N[C@H]1[C@H]([C@H](O)[C@H](O)CO)OC(C(=O)O)=C[C@@H]1N=C(N)NC(=O)c1ccc([N+](=O)[O-])cc1. The molecule has 0 saturated heterocycles. The molecule has 1 heterocycles. The number of aliphatic imine (C=N–C) groups is 1. The van der Waals surface area contributed by atoms with Crippen LogP contribution < -0.4 is 16.4 Å². The van der Waals surface area contributed by atoms with Crippen LogP contribution in [0.15, 0.2) is 41.1 Å². The number of aliphatic carboxylic acids is 1. The molecule has 15 heteroatoms. The van der Waals surface area contributed by atoms with Gasteiger partial charge in [-0.3, -0.25) is 25.0 Å². The number of aliphatic hydroxyl groups excluding tert-OH is 3. The van der Waals surface area contributed by atoms with Crippen molar-refractivity contribution in [3.05, 3.63) is 51.8 Å². The Morgan fingerprint density at radius 3 is 2.38 bits per heavy atom. The van der Waals surface area contributed by atoms with Gasteiger partial charge in [0.1, 0.15) is 18.3 Å². The third-order valence-corrected chi connectivity index (χ3v) is 4.68. The molecule has 1 aliphatic rings. The van der Waals surface area contributed by atoms with E-state index in [2.05, 4.69) is 15.6 Å². The van der Waals surface area contributed by atoms with Gasteiger partial charge in [-0.15, -0.1) is 0 Å². The summed E-state index contributed by atoms with van der Waals surface area (Å²) in [5.41, 5.74) is 5.54. The second-order valence-electron chi connectivity index (χ2n) is 7.15. The van der Waals surface area contributed by atoms with E-state index in [-0.39, 0.29) is 11.3 Å². The van der Waals surface area contributed by atoms with Crippen LogP contribution in [-0.2, 0) is 14.3 Å². The molecule has 0 aliphatic carbocycles. The lowest BCUT2D eigenvalue weighted by Gasteiger charge is -2.38. The van der Waals surface area contributed by atoms with E-state index in [4.69, 9.17) is 15.6 Å². The number of benzene rings is 1. The second-order valence-corrected chi connectivity index (χ2v) is 7.15. The smallest absolute Gasteiger partial charge is 0.370 e.